The molecule has 92 valence electrons. The van der Waals surface area contributed by atoms with Gasteiger partial charge >= 0.3 is 18.1 Å². The van der Waals surface area contributed by atoms with Crippen molar-refractivity contribution in [1.82, 2.24) is 5.32 Å². The number of alkyl halides is 3. The predicted molar refractivity (Wildman–Crippen MR) is 44.4 cm³/mol. The summed E-state index contributed by atoms with van der Waals surface area (Å²) in [5.74, 6) is -3.86. The highest BCUT2D eigenvalue weighted by Crippen LogP contribution is 2.16. The Labute approximate surface area is 88.9 Å². The molecule has 16 heavy (non-hydrogen) atoms. The van der Waals surface area contributed by atoms with Crippen molar-refractivity contribution in [1.29, 1.82) is 0 Å². The lowest BCUT2D eigenvalue weighted by Gasteiger charge is -2.09. The van der Waals surface area contributed by atoms with Gasteiger partial charge in [0.1, 0.15) is 6.61 Å². The molecule has 1 fully saturated rings. The maximum absolute atomic E-state index is 11.7. The number of carbonyl (C=O) groups excluding carboxylic acids is 2. The maximum atomic E-state index is 11.7. The lowest BCUT2D eigenvalue weighted by Crippen LogP contribution is -2.30. The van der Waals surface area contributed by atoms with E-state index in [4.69, 9.17) is 4.74 Å². The first-order chi connectivity index (χ1) is 7.39. The molecule has 1 atom stereocenters. The van der Waals surface area contributed by atoms with E-state index in [1.165, 1.54) is 0 Å². The molecule has 0 aromatic heterocycles. The summed E-state index contributed by atoms with van der Waals surface area (Å²) in [7, 11) is 0. The molecule has 0 aromatic carbocycles. The van der Waals surface area contributed by atoms with Crippen LogP contribution in [0.4, 0.5) is 13.2 Å². The number of hydrogen-bond acceptors (Lipinski definition) is 5. The Morgan fingerprint density at radius 2 is 2.06 bits per heavy atom. The Bertz CT molecular complexity index is 273. The van der Waals surface area contributed by atoms with E-state index < -0.39 is 24.7 Å². The normalized spacial score (nSPS) is 20.8. The third-order valence-corrected chi connectivity index (χ3v) is 1.89. The Balaban J connectivity index is 2.22. The molecule has 0 unspecified atom stereocenters. The molecule has 8 heteroatoms. The second-order valence-corrected chi connectivity index (χ2v) is 3.19. The van der Waals surface area contributed by atoms with Crippen LogP contribution in [0.2, 0.25) is 0 Å². The van der Waals surface area contributed by atoms with Gasteiger partial charge in [0.2, 0.25) is 0 Å². The first-order valence-electron chi connectivity index (χ1n) is 4.53. The van der Waals surface area contributed by atoms with Gasteiger partial charge in [0.25, 0.3) is 0 Å². The van der Waals surface area contributed by atoms with Crippen LogP contribution < -0.4 is 5.32 Å². The summed E-state index contributed by atoms with van der Waals surface area (Å²) >= 11 is 0. The van der Waals surface area contributed by atoms with Crippen LogP contribution in [0.1, 0.15) is 6.42 Å². The standard InChI is InChI=1S/C8H10F3NO4/c9-8(10,11)7(14)16-6(13)4-15-5-1-2-12-3-5/h5,12H,1-4H2/t5-/m0/s1. The van der Waals surface area contributed by atoms with Gasteiger partial charge in [-0.2, -0.15) is 13.2 Å². The van der Waals surface area contributed by atoms with E-state index in [0.29, 0.717) is 13.0 Å². The van der Waals surface area contributed by atoms with E-state index >= 15 is 0 Å². The molecule has 0 spiro atoms. The fourth-order valence-corrected chi connectivity index (χ4v) is 1.15. The second kappa shape index (κ2) is 5.26. The lowest BCUT2D eigenvalue weighted by atomic mass is 10.3. The molecule has 0 amide bonds. The molecule has 1 rings (SSSR count). The maximum Gasteiger partial charge on any atom is 0.491 e. The van der Waals surface area contributed by atoms with Gasteiger partial charge in [-0.15, -0.1) is 0 Å². The molecule has 1 aliphatic heterocycles. The summed E-state index contributed by atoms with van der Waals surface area (Å²) in [6.07, 6.45) is -4.72. The van der Waals surface area contributed by atoms with Gasteiger partial charge in [0, 0.05) is 6.54 Å². The van der Waals surface area contributed by atoms with Crippen LogP contribution in [0.25, 0.3) is 0 Å². The number of ether oxygens (including phenoxy) is 2. The number of hydrogen-bond donors (Lipinski definition) is 1. The fourth-order valence-electron chi connectivity index (χ4n) is 1.15. The highest BCUT2D eigenvalue weighted by molar-refractivity contribution is 5.88. The minimum Gasteiger partial charge on any atom is -0.385 e. The Kier molecular flexibility index (Phi) is 4.25. The van der Waals surface area contributed by atoms with Crippen LogP contribution in [0.5, 0.6) is 0 Å². The van der Waals surface area contributed by atoms with Crippen molar-refractivity contribution < 1.29 is 32.2 Å². The molecule has 1 heterocycles. The third kappa shape index (κ3) is 4.15. The third-order valence-electron chi connectivity index (χ3n) is 1.89. The van der Waals surface area contributed by atoms with Gasteiger partial charge in [-0.25, -0.2) is 9.59 Å². The van der Waals surface area contributed by atoms with E-state index in [0.717, 1.165) is 6.54 Å². The van der Waals surface area contributed by atoms with Crippen molar-refractivity contribution >= 4 is 11.9 Å². The van der Waals surface area contributed by atoms with Crippen LogP contribution in [0.15, 0.2) is 0 Å². The predicted octanol–water partition coefficient (Wildman–Crippen LogP) is -0.00300. The molecular formula is C8H10F3NO4. The minimum absolute atomic E-state index is 0.228. The van der Waals surface area contributed by atoms with Gasteiger partial charge in [-0.1, -0.05) is 0 Å². The molecule has 1 aliphatic rings. The average molecular weight is 241 g/mol. The van der Waals surface area contributed by atoms with Crippen LogP contribution in [0, 0.1) is 0 Å². The van der Waals surface area contributed by atoms with E-state index in [-0.39, 0.29) is 6.10 Å². The van der Waals surface area contributed by atoms with E-state index in [2.05, 4.69) is 10.1 Å². The summed E-state index contributed by atoms with van der Waals surface area (Å²) in [4.78, 5) is 21.0. The first-order valence-corrected chi connectivity index (χ1v) is 4.53. The average Bonchev–Trinajstić information content (AvgIpc) is 2.65. The monoisotopic (exact) mass is 241 g/mol. The number of halogens is 3. The molecular weight excluding hydrogens is 231 g/mol. The van der Waals surface area contributed by atoms with Crippen molar-refractivity contribution in [2.45, 2.75) is 18.7 Å². The van der Waals surface area contributed by atoms with E-state index in [9.17, 15) is 22.8 Å². The molecule has 1 N–H and O–H groups in total. The molecule has 0 saturated carbocycles. The molecule has 1 saturated heterocycles. The van der Waals surface area contributed by atoms with Crippen LogP contribution >= 0.6 is 0 Å². The van der Waals surface area contributed by atoms with E-state index in [1.54, 1.807) is 0 Å². The SMILES string of the molecule is O=C(CO[C@H]1CCNC1)OC(=O)C(F)(F)F. The summed E-state index contributed by atoms with van der Waals surface area (Å²) in [5.41, 5.74) is 0. The van der Waals surface area contributed by atoms with Gasteiger partial charge in [0.05, 0.1) is 6.10 Å². The van der Waals surface area contributed by atoms with Gasteiger partial charge < -0.3 is 14.8 Å². The van der Waals surface area contributed by atoms with E-state index in [1.807, 2.05) is 0 Å². The van der Waals surface area contributed by atoms with Gasteiger partial charge in [-0.3, -0.25) is 0 Å². The first kappa shape index (κ1) is 12.9. The number of rotatable bonds is 3. The number of nitrogens with one attached hydrogen (secondary N) is 1. The minimum atomic E-state index is -5.16. The van der Waals surface area contributed by atoms with Crippen molar-refractivity contribution in [3.63, 3.8) is 0 Å². The highest BCUT2D eigenvalue weighted by atomic mass is 19.4. The Morgan fingerprint density at radius 1 is 1.38 bits per heavy atom. The van der Waals surface area contributed by atoms with Crippen LogP contribution in [-0.4, -0.2) is 43.9 Å². The molecule has 0 bridgehead atoms. The van der Waals surface area contributed by atoms with Crippen molar-refractivity contribution in [2.75, 3.05) is 19.7 Å². The molecule has 0 aromatic rings. The van der Waals surface area contributed by atoms with Crippen LogP contribution in [-0.2, 0) is 19.1 Å². The van der Waals surface area contributed by atoms with Crippen molar-refractivity contribution in [3.8, 4) is 0 Å². The van der Waals surface area contributed by atoms with Gasteiger partial charge in [0.15, 0.2) is 0 Å². The zero-order valence-corrected chi connectivity index (χ0v) is 8.17. The second-order valence-electron chi connectivity index (χ2n) is 3.19. The summed E-state index contributed by atoms with van der Waals surface area (Å²) in [6, 6.07) is 0. The fraction of sp³-hybridized carbons (Fsp3) is 0.750. The summed E-state index contributed by atoms with van der Waals surface area (Å²) in [6.45, 7) is 0.593. The Morgan fingerprint density at radius 3 is 2.56 bits per heavy atom. The van der Waals surface area contributed by atoms with Crippen LogP contribution in [0.3, 0.4) is 0 Å². The smallest absolute Gasteiger partial charge is 0.385 e. The Hall–Kier alpha value is -1.15. The van der Waals surface area contributed by atoms with Crippen molar-refractivity contribution in [2.24, 2.45) is 0 Å². The highest BCUT2D eigenvalue weighted by Gasteiger charge is 2.42. The number of carbonyl (C=O) groups is 2. The molecule has 0 radical (unpaired) electrons. The molecule has 0 aliphatic carbocycles. The largest absolute Gasteiger partial charge is 0.491 e. The van der Waals surface area contributed by atoms with Crippen molar-refractivity contribution in [3.05, 3.63) is 0 Å². The van der Waals surface area contributed by atoms with Gasteiger partial charge in [-0.05, 0) is 13.0 Å². The lowest BCUT2D eigenvalue weighted by molar-refractivity contribution is -0.203. The summed E-state index contributed by atoms with van der Waals surface area (Å²) < 4.78 is 43.5. The zero-order valence-electron chi connectivity index (χ0n) is 8.17. The molecule has 5 nitrogen and oxygen atoms in total. The number of esters is 2. The topological polar surface area (TPSA) is 64.6 Å². The zero-order chi connectivity index (χ0) is 12.2. The summed E-state index contributed by atoms with van der Waals surface area (Å²) in [5, 5.41) is 2.94. The quantitative estimate of drug-likeness (QED) is 0.556.